The van der Waals surface area contributed by atoms with Gasteiger partial charge in [-0.25, -0.2) is 0 Å². The maximum atomic E-state index is 13.0. The summed E-state index contributed by atoms with van der Waals surface area (Å²) in [5.41, 5.74) is -1.69. The van der Waals surface area contributed by atoms with Crippen molar-refractivity contribution in [3.63, 3.8) is 0 Å². The molecule has 3 saturated carbocycles. The fraction of sp³-hybridized carbons (Fsp3) is 0.810. The predicted molar refractivity (Wildman–Crippen MR) is 95.1 cm³/mol. The Morgan fingerprint density at radius 3 is 2.38 bits per heavy atom. The van der Waals surface area contributed by atoms with Crippen molar-refractivity contribution in [3.05, 3.63) is 11.6 Å². The lowest BCUT2D eigenvalue weighted by atomic mass is 9.45. The zero-order chi connectivity index (χ0) is 19.1. The number of fused-ring (bicyclic) bond motifs is 5. The van der Waals surface area contributed by atoms with Gasteiger partial charge in [0.05, 0.1) is 6.10 Å². The van der Waals surface area contributed by atoms with Gasteiger partial charge in [-0.15, -0.1) is 0 Å². The minimum absolute atomic E-state index is 0.0423. The van der Waals surface area contributed by atoms with Crippen LogP contribution < -0.4 is 0 Å². The summed E-state index contributed by atoms with van der Waals surface area (Å²) < 4.78 is 0. The average molecular weight is 362 g/mol. The van der Waals surface area contributed by atoms with Gasteiger partial charge < -0.3 is 15.3 Å². The van der Waals surface area contributed by atoms with E-state index < -0.39 is 23.2 Å². The monoisotopic (exact) mass is 362 g/mol. The molecule has 5 heteroatoms. The molecular weight excluding hydrogens is 332 g/mol. The zero-order valence-corrected chi connectivity index (χ0v) is 15.9. The standard InChI is InChI=1S/C21H30O5/c1-11(22)21(26)9-6-14-16-13(5-8-20(14,21)3)19(2)7-4-12(23)10-15(19)17(24)18(16)25/h10,12-14,16,18,23,25-26H,4-9H2,1-3H3/t12?,13-,14-,16+,18?,19+,20-,21-/m0/s1. The Balaban J connectivity index is 1.79. The average Bonchev–Trinajstić information content (AvgIpc) is 2.87. The van der Waals surface area contributed by atoms with Gasteiger partial charge >= 0.3 is 0 Å². The summed E-state index contributed by atoms with van der Waals surface area (Å²) in [6, 6.07) is 0. The van der Waals surface area contributed by atoms with E-state index in [0.717, 1.165) is 19.3 Å². The minimum Gasteiger partial charge on any atom is -0.389 e. The lowest BCUT2D eigenvalue weighted by molar-refractivity contribution is -0.172. The second kappa shape index (κ2) is 5.49. The summed E-state index contributed by atoms with van der Waals surface area (Å²) in [4.78, 5) is 25.2. The first-order valence-electron chi connectivity index (χ1n) is 9.92. The molecule has 3 fully saturated rings. The van der Waals surface area contributed by atoms with Gasteiger partial charge in [-0.2, -0.15) is 0 Å². The number of rotatable bonds is 1. The van der Waals surface area contributed by atoms with Crippen LogP contribution in [0.3, 0.4) is 0 Å². The summed E-state index contributed by atoms with van der Waals surface area (Å²) in [6.45, 7) is 5.52. The predicted octanol–water partition coefficient (Wildman–Crippen LogP) is 1.78. The molecule has 0 aromatic carbocycles. The molecule has 8 atom stereocenters. The van der Waals surface area contributed by atoms with Crippen molar-refractivity contribution in [1.29, 1.82) is 0 Å². The van der Waals surface area contributed by atoms with E-state index in [2.05, 4.69) is 6.92 Å². The van der Waals surface area contributed by atoms with E-state index in [1.807, 2.05) is 6.92 Å². The molecule has 0 radical (unpaired) electrons. The van der Waals surface area contributed by atoms with E-state index in [1.54, 1.807) is 6.08 Å². The van der Waals surface area contributed by atoms with Crippen molar-refractivity contribution in [1.82, 2.24) is 0 Å². The number of aliphatic hydroxyl groups is 3. The van der Waals surface area contributed by atoms with Gasteiger partial charge in [0.15, 0.2) is 11.6 Å². The quantitative estimate of drug-likeness (QED) is 0.661. The first kappa shape index (κ1) is 18.3. The Morgan fingerprint density at radius 1 is 1.08 bits per heavy atom. The Labute approximate surface area is 154 Å². The van der Waals surface area contributed by atoms with Crippen LogP contribution in [0.4, 0.5) is 0 Å². The lowest BCUT2D eigenvalue weighted by Crippen LogP contribution is -2.62. The van der Waals surface area contributed by atoms with Crippen molar-refractivity contribution in [3.8, 4) is 0 Å². The first-order valence-corrected chi connectivity index (χ1v) is 9.92. The molecule has 0 bridgehead atoms. The molecule has 0 aliphatic heterocycles. The van der Waals surface area contributed by atoms with Crippen LogP contribution >= 0.6 is 0 Å². The molecular formula is C21H30O5. The summed E-state index contributed by atoms with van der Waals surface area (Å²) in [6.07, 6.45) is 3.87. The van der Waals surface area contributed by atoms with Crippen molar-refractivity contribution in [2.24, 2.45) is 28.6 Å². The number of hydrogen-bond acceptors (Lipinski definition) is 5. The fourth-order valence-corrected chi connectivity index (χ4v) is 7.11. The molecule has 0 amide bonds. The van der Waals surface area contributed by atoms with Crippen molar-refractivity contribution < 1.29 is 24.9 Å². The highest BCUT2D eigenvalue weighted by Gasteiger charge is 2.68. The second-order valence-corrected chi connectivity index (χ2v) is 9.61. The van der Waals surface area contributed by atoms with Gasteiger partial charge in [0.1, 0.15) is 11.7 Å². The van der Waals surface area contributed by atoms with Crippen molar-refractivity contribution in [2.45, 2.75) is 77.1 Å². The molecule has 3 N–H and O–H groups in total. The van der Waals surface area contributed by atoms with Crippen molar-refractivity contribution in [2.75, 3.05) is 0 Å². The maximum absolute atomic E-state index is 13.0. The van der Waals surface area contributed by atoms with Crippen LogP contribution in [-0.4, -0.2) is 44.7 Å². The molecule has 144 valence electrons. The van der Waals surface area contributed by atoms with E-state index in [-0.39, 0.29) is 34.7 Å². The molecule has 26 heavy (non-hydrogen) atoms. The van der Waals surface area contributed by atoms with Crippen LogP contribution in [0.2, 0.25) is 0 Å². The van der Waals surface area contributed by atoms with Crippen LogP contribution in [-0.2, 0) is 9.59 Å². The molecule has 0 aromatic rings. The number of hydrogen-bond donors (Lipinski definition) is 3. The number of ketones is 2. The Morgan fingerprint density at radius 2 is 1.73 bits per heavy atom. The topological polar surface area (TPSA) is 94.8 Å². The van der Waals surface area contributed by atoms with Gasteiger partial charge in [-0.3, -0.25) is 9.59 Å². The smallest absolute Gasteiger partial charge is 0.187 e. The Kier molecular flexibility index (Phi) is 3.87. The highest BCUT2D eigenvalue weighted by atomic mass is 16.3. The van der Waals surface area contributed by atoms with Crippen molar-refractivity contribution >= 4 is 11.6 Å². The zero-order valence-electron chi connectivity index (χ0n) is 15.9. The van der Waals surface area contributed by atoms with Crippen LogP contribution in [0, 0.1) is 28.6 Å². The van der Waals surface area contributed by atoms with E-state index in [0.29, 0.717) is 24.8 Å². The van der Waals surface area contributed by atoms with Gasteiger partial charge in [-0.05, 0) is 74.7 Å². The van der Waals surface area contributed by atoms with Crippen LogP contribution in [0.15, 0.2) is 11.6 Å². The fourth-order valence-electron chi connectivity index (χ4n) is 7.11. The molecule has 4 aliphatic rings. The molecule has 4 rings (SSSR count). The van der Waals surface area contributed by atoms with E-state index in [1.165, 1.54) is 6.92 Å². The molecule has 0 aromatic heterocycles. The molecule has 4 aliphatic carbocycles. The summed E-state index contributed by atoms with van der Waals surface area (Å²) >= 11 is 0. The Hall–Kier alpha value is -1.04. The maximum Gasteiger partial charge on any atom is 0.187 e. The van der Waals surface area contributed by atoms with Gasteiger partial charge in [-0.1, -0.05) is 13.8 Å². The van der Waals surface area contributed by atoms with Crippen LogP contribution in [0.25, 0.3) is 0 Å². The normalized spacial score (nSPS) is 53.4. The van der Waals surface area contributed by atoms with Crippen LogP contribution in [0.1, 0.15) is 59.3 Å². The van der Waals surface area contributed by atoms with Gasteiger partial charge in [0, 0.05) is 11.0 Å². The highest BCUT2D eigenvalue weighted by Crippen LogP contribution is 2.67. The van der Waals surface area contributed by atoms with E-state index in [9.17, 15) is 24.9 Å². The number of aliphatic hydroxyl groups excluding tert-OH is 2. The first-order chi connectivity index (χ1) is 12.1. The lowest BCUT2D eigenvalue weighted by Gasteiger charge is -2.59. The molecule has 0 saturated heterocycles. The second-order valence-electron chi connectivity index (χ2n) is 9.61. The SMILES string of the molecule is CC(=O)[C@@]1(O)CC[C@H]2[C@@H]3C(O)C(=O)C4=CC(O)CC[C@]4(C)[C@H]3CC[C@@]21C. The summed E-state index contributed by atoms with van der Waals surface area (Å²) in [5.74, 6) is -0.604. The van der Waals surface area contributed by atoms with E-state index >= 15 is 0 Å². The molecule has 5 nitrogen and oxygen atoms in total. The number of Topliss-reactive ketones (excluding diaryl/α,β-unsaturated/α-hetero) is 2. The largest absolute Gasteiger partial charge is 0.389 e. The third-order valence-electron chi connectivity index (χ3n) is 8.72. The summed E-state index contributed by atoms with van der Waals surface area (Å²) in [7, 11) is 0. The number of carbonyl (C=O) groups is 2. The summed E-state index contributed by atoms with van der Waals surface area (Å²) in [5, 5.41) is 32.1. The third-order valence-corrected chi connectivity index (χ3v) is 8.72. The third kappa shape index (κ3) is 2.02. The van der Waals surface area contributed by atoms with Gasteiger partial charge in [0.25, 0.3) is 0 Å². The Bertz CT molecular complexity index is 699. The van der Waals surface area contributed by atoms with E-state index in [4.69, 9.17) is 0 Å². The van der Waals surface area contributed by atoms with Gasteiger partial charge in [0.2, 0.25) is 0 Å². The molecule has 0 heterocycles. The number of carbonyl (C=O) groups excluding carboxylic acids is 2. The van der Waals surface area contributed by atoms with Crippen LogP contribution in [0.5, 0.6) is 0 Å². The molecule has 2 unspecified atom stereocenters. The minimum atomic E-state index is -1.36. The highest BCUT2D eigenvalue weighted by molar-refractivity contribution is 6.01. The molecule has 0 spiro atoms.